The average Bonchev–Trinajstić information content (AvgIpc) is 2.19. The molecule has 1 rings (SSSR count). The Hall–Kier alpha value is -1.00. The van der Waals surface area contributed by atoms with Crippen LogP contribution in [0.15, 0.2) is 30.3 Å². The van der Waals surface area contributed by atoms with Gasteiger partial charge in [-0.2, -0.15) is 0 Å². The highest BCUT2D eigenvalue weighted by atomic mass is 19.3. The zero-order valence-electron chi connectivity index (χ0n) is 7.57. The van der Waals surface area contributed by atoms with E-state index in [0.717, 1.165) is 5.56 Å². The second kappa shape index (κ2) is 5.67. The number of hydrogen-bond acceptors (Lipinski definition) is 2. The molecule has 0 heterocycles. The lowest BCUT2D eigenvalue weighted by atomic mass is 10.2. The van der Waals surface area contributed by atoms with Crippen molar-refractivity contribution in [3.63, 3.8) is 0 Å². The number of ether oxygens (including phenoxy) is 1. The molecule has 0 aliphatic heterocycles. The Morgan fingerprint density at radius 2 is 1.86 bits per heavy atom. The van der Waals surface area contributed by atoms with Crippen LogP contribution in [0.4, 0.5) is 8.78 Å². The third-order valence-corrected chi connectivity index (χ3v) is 1.69. The van der Waals surface area contributed by atoms with Crippen LogP contribution in [0.1, 0.15) is 5.56 Å². The second-order valence-corrected chi connectivity index (χ2v) is 2.90. The first-order chi connectivity index (χ1) is 6.70. The van der Waals surface area contributed by atoms with Crippen molar-refractivity contribution in [2.24, 2.45) is 0 Å². The van der Waals surface area contributed by atoms with Gasteiger partial charge >= 0.3 is 0 Å². The lowest BCUT2D eigenvalue weighted by Gasteiger charge is -2.09. The smallest absolute Gasteiger partial charge is 0.266 e. The van der Waals surface area contributed by atoms with E-state index in [1.165, 1.54) is 0 Å². The van der Waals surface area contributed by atoms with Gasteiger partial charge in [0.05, 0.1) is 13.2 Å². The summed E-state index contributed by atoms with van der Waals surface area (Å²) in [5, 5.41) is 8.73. The van der Waals surface area contributed by atoms with Gasteiger partial charge in [0.15, 0.2) is 0 Å². The SMILES string of the molecule is OC(COCc1ccccc1)C(F)F. The molecular weight excluding hydrogens is 190 g/mol. The molecule has 1 unspecified atom stereocenters. The molecule has 1 aromatic carbocycles. The highest BCUT2D eigenvalue weighted by Crippen LogP contribution is 2.04. The van der Waals surface area contributed by atoms with Crippen LogP contribution in [0.5, 0.6) is 0 Å². The molecular formula is C10H12F2O2. The first-order valence-electron chi connectivity index (χ1n) is 4.28. The molecule has 0 bridgehead atoms. The summed E-state index contributed by atoms with van der Waals surface area (Å²) >= 11 is 0. The number of rotatable bonds is 5. The Bertz CT molecular complexity index is 252. The lowest BCUT2D eigenvalue weighted by Crippen LogP contribution is -2.23. The Balaban J connectivity index is 2.22. The van der Waals surface area contributed by atoms with Crippen LogP contribution in [-0.2, 0) is 11.3 Å². The van der Waals surface area contributed by atoms with Gasteiger partial charge in [0.1, 0.15) is 6.10 Å². The van der Waals surface area contributed by atoms with Crippen molar-refractivity contribution in [2.75, 3.05) is 6.61 Å². The van der Waals surface area contributed by atoms with Crippen molar-refractivity contribution in [1.82, 2.24) is 0 Å². The lowest BCUT2D eigenvalue weighted by molar-refractivity contribution is -0.0581. The molecule has 0 spiro atoms. The summed E-state index contributed by atoms with van der Waals surface area (Å²) in [6, 6.07) is 9.19. The van der Waals surface area contributed by atoms with Crippen LogP contribution in [0.3, 0.4) is 0 Å². The van der Waals surface area contributed by atoms with Crippen LogP contribution in [0, 0.1) is 0 Å². The van der Waals surface area contributed by atoms with Crippen molar-refractivity contribution < 1.29 is 18.6 Å². The monoisotopic (exact) mass is 202 g/mol. The molecule has 78 valence electrons. The first-order valence-corrected chi connectivity index (χ1v) is 4.28. The van der Waals surface area contributed by atoms with Gasteiger partial charge in [-0.15, -0.1) is 0 Å². The standard InChI is InChI=1S/C10H12F2O2/c11-10(12)9(13)7-14-6-8-4-2-1-3-5-8/h1-5,9-10,13H,6-7H2. The van der Waals surface area contributed by atoms with E-state index in [1.54, 1.807) is 0 Å². The van der Waals surface area contributed by atoms with Gasteiger partial charge in [0.2, 0.25) is 0 Å². The van der Waals surface area contributed by atoms with E-state index in [0.29, 0.717) is 0 Å². The Kier molecular flexibility index (Phi) is 4.49. The average molecular weight is 202 g/mol. The van der Waals surface area contributed by atoms with Crippen LogP contribution < -0.4 is 0 Å². The Morgan fingerprint density at radius 1 is 1.21 bits per heavy atom. The molecule has 0 aliphatic rings. The van der Waals surface area contributed by atoms with Crippen molar-refractivity contribution >= 4 is 0 Å². The molecule has 0 amide bonds. The molecule has 0 saturated carbocycles. The fourth-order valence-corrected chi connectivity index (χ4v) is 0.944. The minimum atomic E-state index is -2.74. The normalized spacial score (nSPS) is 13.1. The zero-order chi connectivity index (χ0) is 10.4. The molecule has 1 N–H and O–H groups in total. The number of halogens is 2. The van der Waals surface area contributed by atoms with E-state index in [9.17, 15) is 8.78 Å². The Labute approximate surface area is 81.1 Å². The van der Waals surface area contributed by atoms with Crippen LogP contribution in [-0.4, -0.2) is 24.2 Å². The fourth-order valence-electron chi connectivity index (χ4n) is 0.944. The number of aliphatic hydroxyl groups excluding tert-OH is 1. The fraction of sp³-hybridized carbons (Fsp3) is 0.400. The summed E-state index contributed by atoms with van der Waals surface area (Å²) in [6.45, 7) is -0.100. The molecule has 4 heteroatoms. The third kappa shape index (κ3) is 3.81. The van der Waals surface area contributed by atoms with E-state index >= 15 is 0 Å². The quantitative estimate of drug-likeness (QED) is 0.789. The number of benzene rings is 1. The summed E-state index contributed by atoms with van der Waals surface area (Å²) in [5.74, 6) is 0. The third-order valence-electron chi connectivity index (χ3n) is 1.69. The topological polar surface area (TPSA) is 29.5 Å². The van der Waals surface area contributed by atoms with E-state index < -0.39 is 12.5 Å². The van der Waals surface area contributed by atoms with Crippen molar-refractivity contribution in [2.45, 2.75) is 19.1 Å². The maximum Gasteiger partial charge on any atom is 0.266 e. The summed E-state index contributed by atoms with van der Waals surface area (Å²) in [5.41, 5.74) is 0.897. The zero-order valence-corrected chi connectivity index (χ0v) is 7.57. The molecule has 14 heavy (non-hydrogen) atoms. The van der Waals surface area contributed by atoms with Crippen LogP contribution in [0.25, 0.3) is 0 Å². The van der Waals surface area contributed by atoms with Gasteiger partial charge in [0, 0.05) is 0 Å². The van der Waals surface area contributed by atoms with E-state index in [2.05, 4.69) is 0 Å². The molecule has 0 aromatic heterocycles. The molecule has 1 atom stereocenters. The number of aliphatic hydroxyl groups is 1. The van der Waals surface area contributed by atoms with Crippen molar-refractivity contribution in [3.8, 4) is 0 Å². The van der Waals surface area contributed by atoms with Gasteiger partial charge in [-0.05, 0) is 5.56 Å². The second-order valence-electron chi connectivity index (χ2n) is 2.90. The van der Waals surface area contributed by atoms with E-state index in [1.807, 2.05) is 30.3 Å². The van der Waals surface area contributed by atoms with Crippen LogP contribution in [0.2, 0.25) is 0 Å². The maximum atomic E-state index is 11.8. The number of hydrogen-bond donors (Lipinski definition) is 1. The minimum absolute atomic E-state index is 0.241. The maximum absolute atomic E-state index is 11.8. The largest absolute Gasteiger partial charge is 0.385 e. The van der Waals surface area contributed by atoms with Gasteiger partial charge in [-0.1, -0.05) is 30.3 Å². The van der Waals surface area contributed by atoms with Gasteiger partial charge in [-0.25, -0.2) is 8.78 Å². The highest BCUT2D eigenvalue weighted by Gasteiger charge is 2.16. The molecule has 0 fully saturated rings. The number of alkyl halides is 2. The van der Waals surface area contributed by atoms with E-state index in [4.69, 9.17) is 9.84 Å². The van der Waals surface area contributed by atoms with Crippen molar-refractivity contribution in [1.29, 1.82) is 0 Å². The summed E-state index contributed by atoms with van der Waals surface area (Å²) in [6.07, 6.45) is -4.44. The summed E-state index contributed by atoms with van der Waals surface area (Å²) < 4.78 is 28.6. The molecule has 1 aromatic rings. The van der Waals surface area contributed by atoms with Gasteiger partial charge in [-0.3, -0.25) is 0 Å². The first kappa shape index (κ1) is 11.1. The molecule has 0 radical (unpaired) electrons. The highest BCUT2D eigenvalue weighted by molar-refractivity contribution is 5.13. The predicted octanol–water partition coefficient (Wildman–Crippen LogP) is 1.83. The molecule has 2 nitrogen and oxygen atoms in total. The summed E-state index contributed by atoms with van der Waals surface area (Å²) in [7, 11) is 0. The summed E-state index contributed by atoms with van der Waals surface area (Å²) in [4.78, 5) is 0. The molecule has 0 aliphatic carbocycles. The van der Waals surface area contributed by atoms with E-state index in [-0.39, 0.29) is 13.2 Å². The predicted molar refractivity (Wildman–Crippen MR) is 48.1 cm³/mol. The minimum Gasteiger partial charge on any atom is -0.385 e. The van der Waals surface area contributed by atoms with Gasteiger partial charge in [0.25, 0.3) is 6.43 Å². The Morgan fingerprint density at radius 3 is 2.43 bits per heavy atom. The molecule has 0 saturated heterocycles. The van der Waals surface area contributed by atoms with Crippen molar-refractivity contribution in [3.05, 3.63) is 35.9 Å². The van der Waals surface area contributed by atoms with Crippen LogP contribution >= 0.6 is 0 Å². The van der Waals surface area contributed by atoms with Gasteiger partial charge < -0.3 is 9.84 Å².